The fourth-order valence-electron chi connectivity index (χ4n) is 3.73. The van der Waals surface area contributed by atoms with Gasteiger partial charge in [0.15, 0.2) is 0 Å². The maximum atomic E-state index is 13.6. The van der Waals surface area contributed by atoms with Crippen LogP contribution < -0.4 is 14.2 Å². The fraction of sp³-hybridized carbons (Fsp3) is 0.208. The van der Waals surface area contributed by atoms with Crippen molar-refractivity contribution in [3.63, 3.8) is 0 Å². The van der Waals surface area contributed by atoms with Gasteiger partial charge in [0.2, 0.25) is 0 Å². The summed E-state index contributed by atoms with van der Waals surface area (Å²) in [5.41, 5.74) is 2.09. The Morgan fingerprint density at radius 2 is 1.47 bits per heavy atom. The summed E-state index contributed by atoms with van der Waals surface area (Å²) < 4.78 is 44.6. The third-order valence-corrected chi connectivity index (χ3v) is 7.03. The van der Waals surface area contributed by atoms with Gasteiger partial charge in [-0.25, -0.2) is 0 Å². The molecule has 3 aromatic carbocycles. The summed E-state index contributed by atoms with van der Waals surface area (Å²) in [7, 11) is 0.784. The standard InChI is InChI=1S/C24H24N2O5S/c1-29-18-13-17(14-19(15-18)30-2)23-16-22(21-11-7-8-12-24(21)31-3)25-26(23)32(27,28)20-9-5-4-6-10-20/h4-15,23H,16H2,1-3H3. The van der Waals surface area contributed by atoms with Crippen molar-refractivity contribution in [3.8, 4) is 17.2 Å². The Hall–Kier alpha value is -3.52. The predicted molar refractivity (Wildman–Crippen MR) is 122 cm³/mol. The van der Waals surface area contributed by atoms with Gasteiger partial charge in [-0.2, -0.15) is 17.9 Å². The zero-order chi connectivity index (χ0) is 22.7. The number of methoxy groups -OCH3 is 3. The highest BCUT2D eigenvalue weighted by atomic mass is 32.2. The molecule has 1 heterocycles. The smallest absolute Gasteiger partial charge is 0.279 e. The van der Waals surface area contributed by atoms with E-state index in [4.69, 9.17) is 14.2 Å². The summed E-state index contributed by atoms with van der Waals surface area (Å²) in [6, 6.07) is 20.5. The van der Waals surface area contributed by atoms with Crippen molar-refractivity contribution in [1.82, 2.24) is 4.41 Å². The molecule has 1 aliphatic heterocycles. The Morgan fingerprint density at radius 3 is 2.09 bits per heavy atom. The second-order valence-corrected chi connectivity index (χ2v) is 9.00. The Labute approximate surface area is 187 Å². The zero-order valence-electron chi connectivity index (χ0n) is 18.1. The molecule has 1 aliphatic rings. The second kappa shape index (κ2) is 8.92. The van der Waals surface area contributed by atoms with E-state index in [0.717, 1.165) is 5.56 Å². The van der Waals surface area contributed by atoms with Crippen LogP contribution in [-0.2, 0) is 10.0 Å². The number of para-hydroxylation sites is 1. The third kappa shape index (κ3) is 4.01. The SMILES string of the molecule is COc1cc(OC)cc(C2CC(c3ccccc3OC)=NN2S(=O)(=O)c2ccccc2)c1. The van der Waals surface area contributed by atoms with Gasteiger partial charge >= 0.3 is 0 Å². The number of hydrogen-bond donors (Lipinski definition) is 0. The molecule has 166 valence electrons. The highest BCUT2D eigenvalue weighted by molar-refractivity contribution is 7.89. The molecule has 0 fully saturated rings. The highest BCUT2D eigenvalue weighted by Gasteiger charge is 2.38. The molecule has 1 atom stereocenters. The molecule has 0 saturated carbocycles. The van der Waals surface area contributed by atoms with Crippen LogP contribution in [0.4, 0.5) is 0 Å². The summed E-state index contributed by atoms with van der Waals surface area (Å²) in [5, 5.41) is 4.58. The average Bonchev–Trinajstić information content (AvgIpc) is 3.30. The Bertz CT molecular complexity index is 1220. The number of hydrogen-bond acceptors (Lipinski definition) is 6. The van der Waals surface area contributed by atoms with Gasteiger partial charge in [0, 0.05) is 18.1 Å². The van der Waals surface area contributed by atoms with Crippen LogP contribution in [0.25, 0.3) is 0 Å². The van der Waals surface area contributed by atoms with E-state index in [1.807, 2.05) is 24.3 Å². The summed E-state index contributed by atoms with van der Waals surface area (Å²) in [4.78, 5) is 0.171. The van der Waals surface area contributed by atoms with Crippen molar-refractivity contribution in [2.24, 2.45) is 5.10 Å². The molecule has 0 bridgehead atoms. The molecule has 3 aromatic rings. The number of sulfonamides is 1. The van der Waals surface area contributed by atoms with Crippen molar-refractivity contribution in [1.29, 1.82) is 0 Å². The van der Waals surface area contributed by atoms with Gasteiger partial charge < -0.3 is 14.2 Å². The van der Waals surface area contributed by atoms with Crippen LogP contribution in [0.3, 0.4) is 0 Å². The number of nitrogens with zero attached hydrogens (tertiary/aromatic N) is 2. The number of hydrazone groups is 1. The molecule has 32 heavy (non-hydrogen) atoms. The van der Waals surface area contributed by atoms with Gasteiger partial charge in [-0.3, -0.25) is 0 Å². The molecule has 7 nitrogen and oxygen atoms in total. The minimum atomic E-state index is -3.91. The monoisotopic (exact) mass is 452 g/mol. The third-order valence-electron chi connectivity index (χ3n) is 5.34. The van der Waals surface area contributed by atoms with Crippen LogP contribution in [0, 0.1) is 0 Å². The second-order valence-electron chi connectivity index (χ2n) is 7.20. The van der Waals surface area contributed by atoms with Crippen LogP contribution >= 0.6 is 0 Å². The number of ether oxygens (including phenoxy) is 3. The lowest BCUT2D eigenvalue weighted by Gasteiger charge is -2.24. The topological polar surface area (TPSA) is 77.4 Å². The van der Waals surface area contributed by atoms with E-state index in [-0.39, 0.29) is 4.90 Å². The molecule has 0 N–H and O–H groups in total. The number of rotatable bonds is 7. The van der Waals surface area contributed by atoms with Gasteiger partial charge in [0.25, 0.3) is 10.0 Å². The van der Waals surface area contributed by atoms with E-state index in [1.165, 1.54) is 4.41 Å². The van der Waals surface area contributed by atoms with Crippen LogP contribution in [0.15, 0.2) is 82.8 Å². The van der Waals surface area contributed by atoms with Gasteiger partial charge in [0.1, 0.15) is 17.2 Å². The minimum absolute atomic E-state index is 0.171. The predicted octanol–water partition coefficient (Wildman–Crippen LogP) is 4.25. The fourth-order valence-corrected chi connectivity index (χ4v) is 5.18. The van der Waals surface area contributed by atoms with Crippen molar-refractivity contribution < 1.29 is 22.6 Å². The van der Waals surface area contributed by atoms with E-state index in [2.05, 4.69) is 5.10 Å². The van der Waals surface area contributed by atoms with Crippen molar-refractivity contribution in [2.45, 2.75) is 17.4 Å². The van der Waals surface area contributed by atoms with Crippen molar-refractivity contribution in [3.05, 3.63) is 83.9 Å². The first kappa shape index (κ1) is 21.7. The molecule has 1 unspecified atom stereocenters. The average molecular weight is 453 g/mol. The van der Waals surface area contributed by atoms with Crippen LogP contribution in [-0.4, -0.2) is 39.9 Å². The highest BCUT2D eigenvalue weighted by Crippen LogP contribution is 2.40. The minimum Gasteiger partial charge on any atom is -0.497 e. The molecule has 0 amide bonds. The Morgan fingerprint density at radius 1 is 0.844 bits per heavy atom. The first-order valence-electron chi connectivity index (χ1n) is 10.0. The summed E-state index contributed by atoms with van der Waals surface area (Å²) in [5.74, 6) is 1.77. The van der Waals surface area contributed by atoms with Crippen molar-refractivity contribution >= 4 is 15.7 Å². The number of benzene rings is 3. The molecular formula is C24H24N2O5S. The van der Waals surface area contributed by atoms with Gasteiger partial charge in [-0.15, -0.1) is 0 Å². The first-order valence-corrected chi connectivity index (χ1v) is 11.4. The van der Waals surface area contributed by atoms with E-state index < -0.39 is 16.1 Å². The normalized spacial score (nSPS) is 15.9. The molecule has 8 heteroatoms. The molecule has 0 aromatic heterocycles. The lowest BCUT2D eigenvalue weighted by Crippen LogP contribution is -2.27. The molecule has 0 radical (unpaired) electrons. The molecular weight excluding hydrogens is 428 g/mol. The lowest BCUT2D eigenvalue weighted by atomic mass is 9.98. The molecule has 4 rings (SSSR count). The van der Waals surface area contributed by atoms with Gasteiger partial charge in [0.05, 0.1) is 38.0 Å². The molecule has 0 spiro atoms. The zero-order valence-corrected chi connectivity index (χ0v) is 18.9. The van der Waals surface area contributed by atoms with Gasteiger partial charge in [-0.05, 0) is 42.0 Å². The largest absolute Gasteiger partial charge is 0.497 e. The molecule has 0 aliphatic carbocycles. The Balaban J connectivity index is 1.86. The van der Waals surface area contributed by atoms with Crippen LogP contribution in [0.5, 0.6) is 17.2 Å². The quantitative estimate of drug-likeness (QED) is 0.536. The van der Waals surface area contributed by atoms with E-state index in [9.17, 15) is 8.42 Å². The summed E-state index contributed by atoms with van der Waals surface area (Å²) in [6.45, 7) is 0. The molecule has 0 saturated heterocycles. The maximum absolute atomic E-state index is 13.6. The van der Waals surface area contributed by atoms with Crippen LogP contribution in [0.2, 0.25) is 0 Å². The van der Waals surface area contributed by atoms with Gasteiger partial charge in [-0.1, -0.05) is 30.3 Å². The summed E-state index contributed by atoms with van der Waals surface area (Å²) in [6.07, 6.45) is 0.364. The maximum Gasteiger partial charge on any atom is 0.279 e. The Kier molecular flexibility index (Phi) is 6.05. The van der Waals surface area contributed by atoms with E-state index in [1.54, 1.807) is 69.9 Å². The summed E-state index contributed by atoms with van der Waals surface area (Å²) >= 11 is 0. The van der Waals surface area contributed by atoms with Crippen LogP contribution in [0.1, 0.15) is 23.6 Å². The lowest BCUT2D eigenvalue weighted by molar-refractivity contribution is 0.362. The van der Waals surface area contributed by atoms with E-state index >= 15 is 0 Å². The van der Waals surface area contributed by atoms with E-state index in [0.29, 0.717) is 34.9 Å². The first-order chi connectivity index (χ1) is 15.5. The van der Waals surface area contributed by atoms with Crippen molar-refractivity contribution in [2.75, 3.05) is 21.3 Å².